The molecule has 140 valence electrons. The summed E-state index contributed by atoms with van der Waals surface area (Å²) in [5.74, 6) is 1.48. The highest BCUT2D eigenvalue weighted by Crippen LogP contribution is 2.25. The van der Waals surface area contributed by atoms with Crippen LogP contribution in [0.4, 0.5) is 0 Å². The van der Waals surface area contributed by atoms with Gasteiger partial charge in [-0.1, -0.05) is 34.1 Å². The van der Waals surface area contributed by atoms with E-state index in [1.807, 2.05) is 61.3 Å². The number of hydrogen-bond donors (Lipinski definition) is 1. The second-order valence-electron chi connectivity index (χ2n) is 6.19. The Labute approximate surface area is 163 Å². The highest BCUT2D eigenvalue weighted by Gasteiger charge is 2.13. The summed E-state index contributed by atoms with van der Waals surface area (Å²) < 4.78 is 11.6. The van der Waals surface area contributed by atoms with Gasteiger partial charge in [0, 0.05) is 22.6 Å². The van der Waals surface area contributed by atoms with Gasteiger partial charge in [-0.25, -0.2) is 0 Å². The Morgan fingerprint density at radius 3 is 2.46 bits per heavy atom. The van der Waals surface area contributed by atoms with E-state index in [0.29, 0.717) is 13.1 Å². The van der Waals surface area contributed by atoms with Crippen LogP contribution in [-0.2, 0) is 11.3 Å². The van der Waals surface area contributed by atoms with Crippen molar-refractivity contribution in [3.63, 3.8) is 0 Å². The highest BCUT2D eigenvalue weighted by atomic mass is 79.9. The van der Waals surface area contributed by atoms with E-state index < -0.39 is 0 Å². The van der Waals surface area contributed by atoms with E-state index in [-0.39, 0.29) is 11.9 Å². The zero-order chi connectivity index (χ0) is 19.1. The minimum Gasteiger partial charge on any atom is -0.497 e. The van der Waals surface area contributed by atoms with E-state index in [9.17, 15) is 4.79 Å². The molecule has 6 heteroatoms. The molecule has 0 aromatic heterocycles. The van der Waals surface area contributed by atoms with Crippen molar-refractivity contribution in [3.05, 3.63) is 58.1 Å². The average Bonchev–Trinajstić information content (AvgIpc) is 2.62. The second kappa shape index (κ2) is 9.59. The zero-order valence-electron chi connectivity index (χ0n) is 15.6. The topological polar surface area (TPSA) is 50.8 Å². The Balaban J connectivity index is 1.91. The van der Waals surface area contributed by atoms with Crippen molar-refractivity contribution in [2.75, 3.05) is 27.8 Å². The number of rotatable bonds is 8. The Kier molecular flexibility index (Phi) is 7.48. The molecule has 0 fully saturated rings. The summed E-state index contributed by atoms with van der Waals surface area (Å²) in [6, 6.07) is 13.6. The van der Waals surface area contributed by atoms with Crippen LogP contribution in [0, 0.1) is 0 Å². The number of carbonyl (C=O) groups excluding carboxylic acids is 1. The van der Waals surface area contributed by atoms with Gasteiger partial charge in [0.25, 0.3) is 0 Å². The molecule has 0 aliphatic rings. The molecule has 1 atom stereocenters. The largest absolute Gasteiger partial charge is 0.497 e. The molecular formula is C20H25BrN2O3. The Morgan fingerprint density at radius 1 is 1.15 bits per heavy atom. The SMILES string of the molecule is COc1ccc(CN(C)CC(=O)N[C@H](C)c2ccc(Br)cc2)c(OC)c1. The number of hydrogen-bond acceptors (Lipinski definition) is 4. The van der Waals surface area contributed by atoms with Crippen LogP contribution >= 0.6 is 15.9 Å². The number of likely N-dealkylation sites (N-methyl/N-ethyl adjacent to an activating group) is 1. The molecule has 0 aliphatic heterocycles. The molecule has 0 saturated heterocycles. The molecule has 0 unspecified atom stereocenters. The third-order valence-electron chi connectivity index (χ3n) is 4.10. The summed E-state index contributed by atoms with van der Waals surface area (Å²) in [6.07, 6.45) is 0. The van der Waals surface area contributed by atoms with Gasteiger partial charge >= 0.3 is 0 Å². The molecule has 0 bridgehead atoms. The standard InChI is InChI=1S/C20H25BrN2O3/c1-14(15-5-8-17(21)9-6-15)22-20(24)13-23(2)12-16-7-10-18(25-3)11-19(16)26-4/h5-11,14H,12-13H2,1-4H3,(H,22,24)/t14-/m1/s1. The summed E-state index contributed by atoms with van der Waals surface area (Å²) in [7, 11) is 5.16. The summed E-state index contributed by atoms with van der Waals surface area (Å²) in [5, 5.41) is 3.03. The van der Waals surface area contributed by atoms with Crippen LogP contribution in [0.15, 0.2) is 46.9 Å². The number of halogens is 1. The van der Waals surface area contributed by atoms with Crippen molar-refractivity contribution in [1.29, 1.82) is 0 Å². The quantitative estimate of drug-likeness (QED) is 0.705. The van der Waals surface area contributed by atoms with Gasteiger partial charge in [0.1, 0.15) is 11.5 Å². The Morgan fingerprint density at radius 2 is 1.85 bits per heavy atom. The molecule has 2 aromatic carbocycles. The van der Waals surface area contributed by atoms with Gasteiger partial charge in [-0.3, -0.25) is 9.69 Å². The van der Waals surface area contributed by atoms with Crippen LogP contribution in [0.3, 0.4) is 0 Å². The lowest BCUT2D eigenvalue weighted by atomic mass is 10.1. The van der Waals surface area contributed by atoms with Crippen LogP contribution in [0.1, 0.15) is 24.1 Å². The average molecular weight is 421 g/mol. The van der Waals surface area contributed by atoms with Crippen LogP contribution < -0.4 is 14.8 Å². The minimum absolute atomic E-state index is 0.0182. The molecular weight excluding hydrogens is 396 g/mol. The van der Waals surface area contributed by atoms with Gasteiger partial charge in [0.2, 0.25) is 5.91 Å². The van der Waals surface area contributed by atoms with Crippen molar-refractivity contribution in [2.24, 2.45) is 0 Å². The fraction of sp³-hybridized carbons (Fsp3) is 0.350. The predicted octanol–water partition coefficient (Wildman–Crippen LogP) is 3.78. The minimum atomic E-state index is -0.0421. The number of benzene rings is 2. The lowest BCUT2D eigenvalue weighted by Gasteiger charge is -2.20. The van der Waals surface area contributed by atoms with Crippen molar-refractivity contribution >= 4 is 21.8 Å². The first-order chi connectivity index (χ1) is 12.4. The Hall–Kier alpha value is -2.05. The van der Waals surface area contributed by atoms with Gasteiger partial charge in [-0.2, -0.15) is 0 Å². The molecule has 0 aliphatic carbocycles. The summed E-state index contributed by atoms with van der Waals surface area (Å²) in [6.45, 7) is 2.89. The first-order valence-electron chi connectivity index (χ1n) is 8.37. The summed E-state index contributed by atoms with van der Waals surface area (Å²) in [4.78, 5) is 14.3. The molecule has 0 saturated carbocycles. The van der Waals surface area contributed by atoms with E-state index in [0.717, 1.165) is 27.1 Å². The van der Waals surface area contributed by atoms with Crippen LogP contribution in [-0.4, -0.2) is 38.6 Å². The molecule has 1 N–H and O–H groups in total. The fourth-order valence-electron chi connectivity index (χ4n) is 2.70. The maximum absolute atomic E-state index is 12.3. The van der Waals surface area contributed by atoms with Gasteiger partial charge in [-0.05, 0) is 37.7 Å². The van der Waals surface area contributed by atoms with E-state index in [1.165, 1.54) is 0 Å². The van der Waals surface area contributed by atoms with Crippen LogP contribution in [0.2, 0.25) is 0 Å². The van der Waals surface area contributed by atoms with E-state index in [4.69, 9.17) is 9.47 Å². The maximum atomic E-state index is 12.3. The number of amides is 1. The van der Waals surface area contributed by atoms with Crippen LogP contribution in [0.25, 0.3) is 0 Å². The van der Waals surface area contributed by atoms with Gasteiger partial charge < -0.3 is 14.8 Å². The monoisotopic (exact) mass is 420 g/mol. The van der Waals surface area contributed by atoms with Gasteiger partial charge in [0.05, 0.1) is 26.8 Å². The molecule has 5 nitrogen and oxygen atoms in total. The number of carbonyl (C=O) groups is 1. The molecule has 0 spiro atoms. The number of nitrogens with zero attached hydrogens (tertiary/aromatic N) is 1. The third-order valence-corrected chi connectivity index (χ3v) is 4.62. The molecule has 0 radical (unpaired) electrons. The molecule has 2 aromatic rings. The van der Waals surface area contributed by atoms with Crippen molar-refractivity contribution < 1.29 is 14.3 Å². The van der Waals surface area contributed by atoms with Gasteiger partial charge in [0.15, 0.2) is 0 Å². The van der Waals surface area contributed by atoms with Gasteiger partial charge in [-0.15, -0.1) is 0 Å². The van der Waals surface area contributed by atoms with Crippen molar-refractivity contribution in [3.8, 4) is 11.5 Å². The van der Waals surface area contributed by atoms with E-state index in [1.54, 1.807) is 14.2 Å². The van der Waals surface area contributed by atoms with Crippen molar-refractivity contribution in [2.45, 2.75) is 19.5 Å². The molecule has 2 rings (SSSR count). The zero-order valence-corrected chi connectivity index (χ0v) is 17.2. The third kappa shape index (κ3) is 5.75. The first-order valence-corrected chi connectivity index (χ1v) is 9.16. The summed E-state index contributed by atoms with van der Waals surface area (Å²) in [5.41, 5.74) is 2.07. The Bertz CT molecular complexity index is 734. The maximum Gasteiger partial charge on any atom is 0.234 e. The first kappa shape index (κ1) is 20.3. The lowest BCUT2D eigenvalue weighted by Crippen LogP contribution is -2.36. The number of nitrogens with one attached hydrogen (secondary N) is 1. The fourth-order valence-corrected chi connectivity index (χ4v) is 2.96. The number of ether oxygens (including phenoxy) is 2. The lowest BCUT2D eigenvalue weighted by molar-refractivity contribution is -0.122. The highest BCUT2D eigenvalue weighted by molar-refractivity contribution is 9.10. The summed E-state index contributed by atoms with van der Waals surface area (Å²) >= 11 is 3.42. The van der Waals surface area contributed by atoms with Crippen molar-refractivity contribution in [1.82, 2.24) is 10.2 Å². The second-order valence-corrected chi connectivity index (χ2v) is 7.11. The van der Waals surface area contributed by atoms with E-state index in [2.05, 4.69) is 21.2 Å². The molecule has 26 heavy (non-hydrogen) atoms. The number of methoxy groups -OCH3 is 2. The molecule has 1 amide bonds. The predicted molar refractivity (Wildman–Crippen MR) is 107 cm³/mol. The van der Waals surface area contributed by atoms with Crippen LogP contribution in [0.5, 0.6) is 11.5 Å². The smallest absolute Gasteiger partial charge is 0.234 e. The molecule has 0 heterocycles. The normalized spacial score (nSPS) is 11.9. The van der Waals surface area contributed by atoms with E-state index >= 15 is 0 Å².